The zero-order valence-electron chi connectivity index (χ0n) is 11.5. The van der Waals surface area contributed by atoms with Gasteiger partial charge in [0.25, 0.3) is 0 Å². The fourth-order valence-electron chi connectivity index (χ4n) is 0.151. The largest absolute Gasteiger partial charge is 0.358 e. The lowest BCUT2D eigenvalue weighted by Crippen LogP contribution is -2.33. The minimum absolute atomic E-state index is 0.531. The Morgan fingerprint density at radius 3 is 3.22 bits per heavy atom. The lowest BCUT2D eigenvalue weighted by molar-refractivity contribution is -0.124. The second kappa shape index (κ2) is 3.88. The summed E-state index contributed by atoms with van der Waals surface area (Å²) < 4.78 is 47.7. The normalized spacial score (nSPS) is 22.4. The quantitative estimate of drug-likeness (QED) is 0.506. The van der Waals surface area contributed by atoms with E-state index < -0.39 is 37.5 Å². The van der Waals surface area contributed by atoms with Gasteiger partial charge in [-0.25, -0.2) is 0 Å². The number of carbonyl (C=O) groups excluding carboxylic acids is 2. The molecule has 0 spiro atoms. The molecule has 0 aliphatic heterocycles. The molecule has 0 unspecified atom stereocenters. The van der Waals surface area contributed by atoms with Crippen molar-refractivity contribution in [3.63, 3.8) is 0 Å². The van der Waals surface area contributed by atoms with Gasteiger partial charge >= 0.3 is 0 Å². The lowest BCUT2D eigenvalue weighted by atomic mass is 10.5. The average Bonchev–Trinajstić information content (AvgIpc) is 2.13. The van der Waals surface area contributed by atoms with Gasteiger partial charge in [0.1, 0.15) is 0 Å². The molecule has 0 saturated carbocycles. The summed E-state index contributed by atoms with van der Waals surface area (Å²) in [5.74, 6) is -2.81. The Kier molecular flexibility index (Phi) is 0.849. The molecule has 0 fully saturated rings. The third kappa shape index (κ3) is 4.80. The van der Waals surface area contributed by atoms with Crippen molar-refractivity contribution in [3.8, 4) is 0 Å². The van der Waals surface area contributed by atoms with Crippen LogP contribution in [0.25, 0.3) is 0 Å². The summed E-state index contributed by atoms with van der Waals surface area (Å²) in [4.78, 5) is 21.9. The van der Waals surface area contributed by atoms with E-state index in [0.717, 1.165) is 0 Å². The van der Waals surface area contributed by atoms with Gasteiger partial charge in [0.2, 0.25) is 11.8 Å². The minimum atomic E-state index is -3.11. The summed E-state index contributed by atoms with van der Waals surface area (Å²) in [5, 5.41) is 0.974. The Hall–Kier alpha value is -1.06. The molecule has 4 nitrogen and oxygen atoms in total. The molecule has 0 radical (unpaired) electrons. The molecule has 0 heterocycles. The molecule has 0 saturated heterocycles. The predicted octanol–water partition coefficient (Wildman–Crippen LogP) is -1.13. The second-order valence-electron chi connectivity index (χ2n) is 1.09. The minimum Gasteiger partial charge on any atom is -0.358 e. The van der Waals surface area contributed by atoms with Crippen molar-refractivity contribution in [2.75, 3.05) is 13.5 Å². The van der Waals surface area contributed by atoms with Gasteiger partial charge in [-0.1, -0.05) is 0 Å². The highest BCUT2D eigenvalue weighted by molar-refractivity contribution is 5.83. The number of carbonyl (C=O) groups is 2. The van der Waals surface area contributed by atoms with Crippen LogP contribution in [0.15, 0.2) is 0 Å². The van der Waals surface area contributed by atoms with E-state index in [-0.39, 0.29) is 0 Å². The zero-order valence-corrected chi connectivity index (χ0v) is 4.47. The van der Waals surface area contributed by atoms with Gasteiger partial charge in [0, 0.05) is 19.4 Å². The third-order valence-corrected chi connectivity index (χ3v) is 0.410. The van der Waals surface area contributed by atoms with Crippen molar-refractivity contribution < 1.29 is 19.2 Å². The average molecular weight is 137 g/mol. The van der Waals surface area contributed by atoms with E-state index in [1.165, 1.54) is 5.32 Å². The summed E-state index contributed by atoms with van der Waals surface area (Å²) in [6, 6.07) is 0. The molecule has 0 aromatic rings. The van der Waals surface area contributed by atoms with E-state index in [0.29, 0.717) is 0 Å². The summed E-state index contributed by atoms with van der Waals surface area (Å²) >= 11 is 0. The van der Waals surface area contributed by atoms with Crippen LogP contribution in [0.2, 0.25) is 1.41 Å². The van der Waals surface area contributed by atoms with Gasteiger partial charge in [-0.05, 0) is 0 Å². The first-order chi connectivity index (χ1) is 7.02. The standard InChI is InChI=1S/C5H10N2O2/c1-4(8)7-3-5(9)6-2/h3H2,1-2H3,(H,6,9)(H,7,8)/i1D,2D3,3D2/hD. The number of rotatable bonds is 2. The molecule has 4 heteroatoms. The van der Waals surface area contributed by atoms with Crippen LogP contribution in [0.1, 0.15) is 15.1 Å². The third-order valence-electron chi connectivity index (χ3n) is 0.410. The van der Waals surface area contributed by atoms with Crippen molar-refractivity contribution >= 4 is 11.8 Å². The summed E-state index contributed by atoms with van der Waals surface area (Å²) in [6.45, 7) is -6.94. The molecule has 0 aromatic carbocycles. The molecule has 2 amide bonds. The number of likely N-dealkylation sites (N-methyl/N-ethyl adjacent to an activating group) is 1. The maximum Gasteiger partial charge on any atom is 0.239 e. The molecule has 0 aliphatic rings. The Morgan fingerprint density at radius 2 is 2.67 bits per heavy atom. The van der Waals surface area contributed by atoms with Crippen LogP contribution in [0.5, 0.6) is 0 Å². The maximum absolute atomic E-state index is 11.2. The highest BCUT2D eigenvalue weighted by atomic mass is 16.2. The van der Waals surface area contributed by atoms with Gasteiger partial charge in [0.05, 0.1) is 9.24 Å². The Bertz CT molecular complexity index is 289. The van der Waals surface area contributed by atoms with E-state index in [1.54, 1.807) is 0 Å². The zero-order chi connectivity index (χ0) is 13.1. The van der Waals surface area contributed by atoms with E-state index in [9.17, 15) is 9.59 Å². The fraction of sp³-hybridized carbons (Fsp3) is 0.600. The van der Waals surface area contributed by atoms with E-state index in [4.69, 9.17) is 9.64 Å². The number of hydrogen-bond acceptors (Lipinski definition) is 2. The summed E-state index contributed by atoms with van der Waals surface area (Å²) in [5.41, 5.74) is 0. The SMILES string of the molecule is [2H]CC(=O)NC([2H])([2H])C(=O)N([2H])C([2H])([2H])[2H]. The highest BCUT2D eigenvalue weighted by Crippen LogP contribution is 1.61. The van der Waals surface area contributed by atoms with Crippen LogP contribution in [-0.4, -0.2) is 25.3 Å². The van der Waals surface area contributed by atoms with E-state index in [1.807, 2.05) is 0 Å². The molecule has 0 aromatic heterocycles. The summed E-state index contributed by atoms with van der Waals surface area (Å²) in [6.07, 6.45) is 0. The predicted molar refractivity (Wildman–Crippen MR) is 32.8 cm³/mol. The molecule has 9 heavy (non-hydrogen) atoms. The monoisotopic (exact) mass is 137 g/mol. The van der Waals surface area contributed by atoms with Crippen molar-refractivity contribution in [1.82, 2.24) is 10.6 Å². The van der Waals surface area contributed by atoms with Gasteiger partial charge in [-0.3, -0.25) is 9.59 Å². The van der Waals surface area contributed by atoms with Crippen LogP contribution >= 0.6 is 0 Å². The van der Waals surface area contributed by atoms with Crippen molar-refractivity contribution in [3.05, 3.63) is 0 Å². The van der Waals surface area contributed by atoms with Gasteiger partial charge < -0.3 is 10.6 Å². The van der Waals surface area contributed by atoms with Crippen LogP contribution in [0.3, 0.4) is 0 Å². The fourth-order valence-corrected chi connectivity index (χ4v) is 0.151. The molecule has 0 rings (SSSR count). The summed E-state index contributed by atoms with van der Waals surface area (Å²) in [7, 11) is 0. The van der Waals surface area contributed by atoms with Gasteiger partial charge in [-0.15, -0.1) is 0 Å². The van der Waals surface area contributed by atoms with Crippen molar-refractivity contribution in [1.29, 1.82) is 0 Å². The molecule has 2 N–H and O–H groups in total. The maximum atomic E-state index is 11.2. The van der Waals surface area contributed by atoms with Gasteiger partial charge in [0.15, 0.2) is 1.41 Å². The van der Waals surface area contributed by atoms with Crippen LogP contribution in [0.4, 0.5) is 0 Å². The first-order valence-corrected chi connectivity index (χ1v) is 1.96. The van der Waals surface area contributed by atoms with Gasteiger partial charge in [-0.2, -0.15) is 0 Å². The second-order valence-corrected chi connectivity index (χ2v) is 1.09. The van der Waals surface area contributed by atoms with Crippen molar-refractivity contribution in [2.24, 2.45) is 0 Å². The Labute approximate surface area is 63.5 Å². The molecule has 0 atom stereocenters. The number of nitrogens with one attached hydrogen (secondary N) is 2. The molecule has 0 bridgehead atoms. The highest BCUT2D eigenvalue weighted by Gasteiger charge is 1.95. The number of amides is 2. The van der Waals surface area contributed by atoms with Crippen LogP contribution in [-0.2, 0) is 9.59 Å². The molecular weight excluding hydrogens is 120 g/mol. The first-order valence-electron chi connectivity index (χ1n) is 5.61. The van der Waals surface area contributed by atoms with Crippen molar-refractivity contribution in [2.45, 2.75) is 6.90 Å². The van der Waals surface area contributed by atoms with Crippen LogP contribution in [0, 0.1) is 0 Å². The molecule has 52 valence electrons. The van der Waals surface area contributed by atoms with Crippen LogP contribution < -0.4 is 10.6 Å². The number of hydrogen-bond donors (Lipinski definition) is 2. The smallest absolute Gasteiger partial charge is 0.239 e. The Morgan fingerprint density at radius 1 is 1.89 bits per heavy atom. The lowest BCUT2D eigenvalue weighted by Gasteiger charge is -1.98. The van der Waals surface area contributed by atoms with E-state index in [2.05, 4.69) is 0 Å². The molecular formula is C5H10N2O2. The first kappa shape index (κ1) is 1.97. The molecule has 0 aliphatic carbocycles. The van der Waals surface area contributed by atoms with E-state index >= 15 is 0 Å². The topological polar surface area (TPSA) is 58.2 Å². The Balaban J connectivity index is 4.77.